The van der Waals surface area contributed by atoms with E-state index < -0.39 is 11.7 Å². The Hall–Kier alpha value is -5.29. The number of para-hydroxylation sites is 3. The Bertz CT molecular complexity index is 2060. The van der Waals surface area contributed by atoms with Gasteiger partial charge in [-0.1, -0.05) is 42.5 Å². The van der Waals surface area contributed by atoms with Crippen molar-refractivity contribution in [3.63, 3.8) is 0 Å². The van der Waals surface area contributed by atoms with Gasteiger partial charge in [-0.05, 0) is 64.5 Å². The van der Waals surface area contributed by atoms with Crippen LogP contribution in [0.15, 0.2) is 110 Å². The molecule has 1 amide bonds. The van der Waals surface area contributed by atoms with Gasteiger partial charge in [-0.15, -0.1) is 0 Å². The lowest BCUT2D eigenvalue weighted by molar-refractivity contribution is -0.118. The molecule has 0 unspecified atom stereocenters. The van der Waals surface area contributed by atoms with E-state index in [-0.39, 0.29) is 29.4 Å². The quantitative estimate of drug-likeness (QED) is 0.187. The predicted molar refractivity (Wildman–Crippen MR) is 165 cm³/mol. The zero-order valence-electron chi connectivity index (χ0n) is 22.6. The van der Waals surface area contributed by atoms with Crippen LogP contribution < -0.4 is 20.3 Å². The number of nitrogens with zero attached hydrogens (tertiary/aromatic N) is 3. The van der Waals surface area contributed by atoms with E-state index in [2.05, 4.69) is 26.3 Å². The zero-order valence-corrected chi connectivity index (χ0v) is 24.2. The van der Waals surface area contributed by atoms with Gasteiger partial charge in [0.1, 0.15) is 11.4 Å². The predicted octanol–water partition coefficient (Wildman–Crippen LogP) is 6.62. The lowest BCUT2D eigenvalue weighted by Crippen LogP contribution is -2.21. The Balaban J connectivity index is 1.32. The van der Waals surface area contributed by atoms with Crippen molar-refractivity contribution in [1.29, 1.82) is 0 Å². The third kappa shape index (κ3) is 5.75. The van der Waals surface area contributed by atoms with E-state index in [0.29, 0.717) is 38.0 Å². The summed E-state index contributed by atoms with van der Waals surface area (Å²) in [6.45, 7) is -0.385. The number of aromatic nitrogens is 2. The molecule has 9 nitrogen and oxygen atoms in total. The fraction of sp³-hybridized carbons (Fsp3) is 0.0625. The Labute approximate surface area is 252 Å². The van der Waals surface area contributed by atoms with Crippen molar-refractivity contribution in [3.05, 3.63) is 117 Å². The largest absolute Gasteiger partial charge is 0.493 e. The lowest BCUT2D eigenvalue weighted by atomic mass is 10.2. The van der Waals surface area contributed by atoms with E-state index in [4.69, 9.17) is 18.9 Å². The number of hydrogen-bond acceptors (Lipinski definition) is 7. The van der Waals surface area contributed by atoms with Gasteiger partial charge in [0.2, 0.25) is 5.82 Å². The van der Waals surface area contributed by atoms with Crippen LogP contribution in [0.1, 0.15) is 5.56 Å². The van der Waals surface area contributed by atoms with Gasteiger partial charge in [0.25, 0.3) is 11.5 Å². The average Bonchev–Trinajstić information content (AvgIpc) is 3.45. The first kappa shape index (κ1) is 27.9. The van der Waals surface area contributed by atoms with Crippen LogP contribution in [0.4, 0.5) is 10.1 Å². The van der Waals surface area contributed by atoms with E-state index >= 15 is 0 Å². The molecule has 0 bridgehead atoms. The molecule has 0 saturated heterocycles. The molecule has 0 aliphatic rings. The highest BCUT2D eigenvalue weighted by Gasteiger charge is 2.17. The Morgan fingerprint density at radius 3 is 2.63 bits per heavy atom. The summed E-state index contributed by atoms with van der Waals surface area (Å²) < 4.78 is 32.8. The highest BCUT2D eigenvalue weighted by atomic mass is 79.9. The molecule has 0 saturated carbocycles. The number of carbonyl (C=O) groups excluding carboxylic acids is 1. The van der Waals surface area contributed by atoms with Crippen LogP contribution in [-0.2, 0) is 4.79 Å². The maximum absolute atomic E-state index is 13.9. The van der Waals surface area contributed by atoms with Gasteiger partial charge < -0.3 is 19.2 Å². The minimum absolute atomic E-state index is 0.0521. The van der Waals surface area contributed by atoms with E-state index in [1.165, 1.54) is 36.2 Å². The Morgan fingerprint density at radius 1 is 1.05 bits per heavy atom. The number of rotatable bonds is 8. The van der Waals surface area contributed by atoms with Crippen LogP contribution >= 0.6 is 15.9 Å². The minimum atomic E-state index is -0.552. The van der Waals surface area contributed by atoms with Gasteiger partial charge in [0.15, 0.2) is 23.9 Å². The van der Waals surface area contributed by atoms with E-state index in [1.807, 2.05) is 30.3 Å². The molecule has 0 aliphatic carbocycles. The molecule has 4 aromatic carbocycles. The summed E-state index contributed by atoms with van der Waals surface area (Å²) in [4.78, 5) is 30.6. The first-order valence-electron chi connectivity index (χ1n) is 13.0. The zero-order chi connectivity index (χ0) is 29.9. The molecule has 6 rings (SSSR count). The number of fused-ring (bicyclic) bond motifs is 2. The van der Waals surface area contributed by atoms with Gasteiger partial charge in [0, 0.05) is 15.4 Å². The second-order valence-corrected chi connectivity index (χ2v) is 10.2. The first-order chi connectivity index (χ1) is 20.9. The van der Waals surface area contributed by atoms with Crippen molar-refractivity contribution >= 4 is 55.6 Å². The number of furan rings is 1. The van der Waals surface area contributed by atoms with Crippen molar-refractivity contribution in [2.45, 2.75) is 0 Å². The number of hydrogen-bond donors (Lipinski definition) is 1. The average molecular weight is 641 g/mol. The summed E-state index contributed by atoms with van der Waals surface area (Å²) in [6.07, 6.45) is 1.48. The molecule has 0 spiro atoms. The maximum atomic E-state index is 13.9. The first-order valence-corrected chi connectivity index (χ1v) is 13.8. The molecular formula is C32H22BrFN4O5. The van der Waals surface area contributed by atoms with Crippen LogP contribution in [0, 0.1) is 5.82 Å². The van der Waals surface area contributed by atoms with Gasteiger partial charge in [-0.25, -0.2) is 9.37 Å². The van der Waals surface area contributed by atoms with Crippen molar-refractivity contribution in [2.24, 2.45) is 5.10 Å². The molecule has 11 heteroatoms. The standard InChI is InChI=1S/C32H22BrFN4O5/c1-41-27-15-20(22(33)16-28(27)42-18-30(39)36-25-12-6-4-10-23(25)34)17-35-38-31(29-14-19-8-2-7-13-26(19)43-29)37-24-11-5-3-9-21(24)32(38)40/h2-17H,18H2,1H3,(H,36,39). The molecule has 2 heterocycles. The molecule has 0 radical (unpaired) electrons. The highest BCUT2D eigenvalue weighted by Crippen LogP contribution is 2.33. The van der Waals surface area contributed by atoms with Gasteiger partial charge in [0.05, 0.1) is 29.9 Å². The second kappa shape index (κ2) is 11.9. The molecule has 0 fully saturated rings. The van der Waals surface area contributed by atoms with Crippen LogP contribution in [0.25, 0.3) is 33.5 Å². The van der Waals surface area contributed by atoms with Crippen molar-refractivity contribution in [1.82, 2.24) is 9.66 Å². The monoisotopic (exact) mass is 640 g/mol. The highest BCUT2D eigenvalue weighted by molar-refractivity contribution is 9.10. The summed E-state index contributed by atoms with van der Waals surface area (Å²) in [7, 11) is 1.45. The molecule has 0 atom stereocenters. The van der Waals surface area contributed by atoms with Crippen LogP contribution in [0.3, 0.4) is 0 Å². The van der Waals surface area contributed by atoms with Gasteiger partial charge in [-0.3, -0.25) is 9.59 Å². The van der Waals surface area contributed by atoms with Gasteiger partial charge in [-0.2, -0.15) is 9.78 Å². The molecule has 1 N–H and O–H groups in total. The molecule has 214 valence electrons. The number of nitrogens with one attached hydrogen (secondary N) is 1. The van der Waals surface area contributed by atoms with E-state index in [0.717, 1.165) is 5.39 Å². The van der Waals surface area contributed by atoms with Crippen molar-refractivity contribution < 1.29 is 23.1 Å². The third-order valence-electron chi connectivity index (χ3n) is 6.50. The van der Waals surface area contributed by atoms with Crippen LogP contribution in [0.5, 0.6) is 11.5 Å². The fourth-order valence-corrected chi connectivity index (χ4v) is 4.84. The third-order valence-corrected chi connectivity index (χ3v) is 7.19. The van der Waals surface area contributed by atoms with Crippen molar-refractivity contribution in [3.8, 4) is 23.1 Å². The summed E-state index contributed by atoms with van der Waals surface area (Å²) in [5.41, 5.74) is 1.40. The summed E-state index contributed by atoms with van der Waals surface area (Å²) in [5.74, 6) is 0.0992. The molecule has 43 heavy (non-hydrogen) atoms. The second-order valence-electron chi connectivity index (χ2n) is 9.30. The topological polar surface area (TPSA) is 108 Å². The number of amides is 1. The number of benzene rings is 4. The number of carbonyl (C=O) groups is 1. The summed E-state index contributed by atoms with van der Waals surface area (Å²) in [6, 6.07) is 25.4. The maximum Gasteiger partial charge on any atom is 0.282 e. The Morgan fingerprint density at radius 2 is 1.81 bits per heavy atom. The number of anilines is 1. The summed E-state index contributed by atoms with van der Waals surface area (Å²) >= 11 is 3.50. The smallest absolute Gasteiger partial charge is 0.282 e. The normalized spacial score (nSPS) is 11.3. The SMILES string of the molecule is COc1cc(C=Nn2c(-c3cc4ccccc4o3)nc3ccccc3c2=O)c(Br)cc1OCC(=O)Nc1ccccc1F. The number of methoxy groups -OCH3 is 1. The number of ether oxygens (including phenoxy) is 2. The van der Waals surface area contributed by atoms with E-state index in [9.17, 15) is 14.0 Å². The minimum Gasteiger partial charge on any atom is -0.493 e. The Kier molecular flexibility index (Phi) is 7.71. The lowest BCUT2D eigenvalue weighted by Gasteiger charge is -2.13. The molecule has 6 aromatic rings. The number of halogens is 2. The summed E-state index contributed by atoms with van der Waals surface area (Å²) in [5, 5.41) is 8.23. The van der Waals surface area contributed by atoms with Crippen molar-refractivity contribution in [2.75, 3.05) is 19.0 Å². The molecule has 2 aromatic heterocycles. The molecular weight excluding hydrogens is 619 g/mol. The van der Waals surface area contributed by atoms with Crippen LogP contribution in [-0.4, -0.2) is 35.5 Å². The van der Waals surface area contributed by atoms with Crippen LogP contribution in [0.2, 0.25) is 0 Å². The molecule has 0 aliphatic heterocycles. The van der Waals surface area contributed by atoms with Gasteiger partial charge >= 0.3 is 0 Å². The van der Waals surface area contributed by atoms with E-state index in [1.54, 1.807) is 42.5 Å². The fourth-order valence-electron chi connectivity index (χ4n) is 4.42.